The van der Waals surface area contributed by atoms with Crippen LogP contribution in [0.5, 0.6) is 12.0 Å². The molecule has 1 aromatic rings. The topological polar surface area (TPSA) is 69.2 Å². The van der Waals surface area contributed by atoms with Crippen molar-refractivity contribution in [3.63, 3.8) is 0 Å². The van der Waals surface area contributed by atoms with Crippen molar-refractivity contribution in [1.29, 1.82) is 0 Å². The van der Waals surface area contributed by atoms with Gasteiger partial charge in [0.25, 0.3) is 0 Å². The fraction of sp³-hybridized carbons (Fsp3) is 0.727. The molecule has 0 aliphatic carbocycles. The molecule has 1 aromatic heterocycles. The highest BCUT2D eigenvalue weighted by Gasteiger charge is 2.21. The zero-order chi connectivity index (χ0) is 12.9. The minimum Gasteiger partial charge on any atom is -0.467 e. The van der Waals surface area contributed by atoms with Gasteiger partial charge in [-0.3, -0.25) is 0 Å². The average Bonchev–Trinajstić information content (AvgIpc) is 2.37. The van der Waals surface area contributed by atoms with Gasteiger partial charge in [-0.1, -0.05) is 13.8 Å². The van der Waals surface area contributed by atoms with Gasteiger partial charge in [0, 0.05) is 5.54 Å². The lowest BCUT2D eigenvalue weighted by atomic mass is 9.96. The number of hydrogen-bond acceptors (Lipinski definition) is 6. The second-order valence-corrected chi connectivity index (χ2v) is 4.03. The van der Waals surface area contributed by atoms with E-state index in [-0.39, 0.29) is 17.6 Å². The Morgan fingerprint density at radius 1 is 1.00 bits per heavy atom. The molecular formula is C11H20N4O2. The number of ether oxygens (including phenoxy) is 2. The Hall–Kier alpha value is -1.59. The van der Waals surface area contributed by atoms with Crippen molar-refractivity contribution in [2.24, 2.45) is 0 Å². The first-order chi connectivity index (χ1) is 8.06. The summed E-state index contributed by atoms with van der Waals surface area (Å²) < 4.78 is 9.99. The zero-order valence-electron chi connectivity index (χ0n) is 11.1. The Bertz CT molecular complexity index is 344. The highest BCUT2D eigenvalue weighted by atomic mass is 16.5. The van der Waals surface area contributed by atoms with E-state index < -0.39 is 0 Å². The predicted molar refractivity (Wildman–Crippen MR) is 65.5 cm³/mol. The van der Waals surface area contributed by atoms with Crippen LogP contribution in [0.25, 0.3) is 0 Å². The molecule has 0 atom stereocenters. The summed E-state index contributed by atoms with van der Waals surface area (Å²) in [6.45, 7) is 6.36. The van der Waals surface area contributed by atoms with Crippen LogP contribution in [0.4, 0.5) is 5.95 Å². The predicted octanol–water partition coefficient (Wildman–Crippen LogP) is 1.88. The third kappa shape index (κ3) is 3.44. The number of anilines is 1. The molecule has 1 heterocycles. The second-order valence-electron chi connectivity index (χ2n) is 4.03. The second kappa shape index (κ2) is 5.65. The van der Waals surface area contributed by atoms with E-state index in [1.165, 1.54) is 14.2 Å². The molecule has 0 amide bonds. The largest absolute Gasteiger partial charge is 0.467 e. The van der Waals surface area contributed by atoms with Crippen molar-refractivity contribution in [2.75, 3.05) is 19.5 Å². The van der Waals surface area contributed by atoms with Gasteiger partial charge in [0.1, 0.15) is 0 Å². The summed E-state index contributed by atoms with van der Waals surface area (Å²) in [6.07, 6.45) is 1.94. The summed E-state index contributed by atoms with van der Waals surface area (Å²) in [5, 5.41) is 3.28. The Labute approximate surface area is 102 Å². The molecule has 96 valence electrons. The first kappa shape index (κ1) is 13.5. The van der Waals surface area contributed by atoms with Gasteiger partial charge >= 0.3 is 12.0 Å². The van der Waals surface area contributed by atoms with E-state index >= 15 is 0 Å². The van der Waals surface area contributed by atoms with Crippen molar-refractivity contribution < 1.29 is 9.47 Å². The molecule has 0 saturated carbocycles. The molecule has 0 fully saturated rings. The molecule has 0 radical (unpaired) electrons. The summed E-state index contributed by atoms with van der Waals surface area (Å²) in [6, 6.07) is 0.489. The summed E-state index contributed by atoms with van der Waals surface area (Å²) in [5.41, 5.74) is -0.0443. The summed E-state index contributed by atoms with van der Waals surface area (Å²) in [7, 11) is 3.02. The Balaban J connectivity index is 2.97. The number of nitrogens with one attached hydrogen (secondary N) is 1. The van der Waals surface area contributed by atoms with E-state index in [2.05, 4.69) is 41.0 Å². The van der Waals surface area contributed by atoms with Gasteiger partial charge in [0.15, 0.2) is 0 Å². The molecule has 0 aliphatic rings. The standard InChI is InChI=1S/C11H20N4O2/c1-6-11(3,7-2)15-8-12-9(16-4)14-10(13-8)17-5/h6-7H2,1-5H3,(H,12,13,14,15). The fourth-order valence-electron chi connectivity index (χ4n) is 1.27. The molecule has 0 bridgehead atoms. The van der Waals surface area contributed by atoms with Crippen LogP contribution in [0.3, 0.4) is 0 Å². The number of nitrogens with zero attached hydrogens (tertiary/aromatic N) is 3. The first-order valence-corrected chi connectivity index (χ1v) is 5.69. The number of hydrogen-bond donors (Lipinski definition) is 1. The number of rotatable bonds is 6. The van der Waals surface area contributed by atoms with Gasteiger partial charge in [-0.2, -0.15) is 9.97 Å². The van der Waals surface area contributed by atoms with Crippen LogP contribution in [-0.2, 0) is 0 Å². The van der Waals surface area contributed by atoms with Crippen LogP contribution in [0.15, 0.2) is 0 Å². The molecule has 0 spiro atoms. The molecule has 0 aliphatic heterocycles. The third-order valence-corrected chi connectivity index (χ3v) is 2.93. The maximum Gasteiger partial charge on any atom is 0.324 e. The average molecular weight is 240 g/mol. The van der Waals surface area contributed by atoms with Crippen molar-refractivity contribution in [2.45, 2.75) is 39.2 Å². The molecule has 0 saturated heterocycles. The van der Waals surface area contributed by atoms with Crippen LogP contribution in [0, 0.1) is 0 Å². The van der Waals surface area contributed by atoms with Gasteiger partial charge in [-0.15, -0.1) is 4.98 Å². The van der Waals surface area contributed by atoms with Gasteiger partial charge < -0.3 is 14.8 Å². The zero-order valence-corrected chi connectivity index (χ0v) is 11.1. The Kier molecular flexibility index (Phi) is 4.48. The third-order valence-electron chi connectivity index (χ3n) is 2.93. The van der Waals surface area contributed by atoms with E-state index in [9.17, 15) is 0 Å². The van der Waals surface area contributed by atoms with Crippen LogP contribution in [0.1, 0.15) is 33.6 Å². The SMILES string of the molecule is CCC(C)(CC)Nc1nc(OC)nc(OC)n1. The highest BCUT2D eigenvalue weighted by molar-refractivity contribution is 5.31. The Morgan fingerprint density at radius 3 is 1.82 bits per heavy atom. The van der Waals surface area contributed by atoms with Crippen LogP contribution < -0.4 is 14.8 Å². The molecular weight excluding hydrogens is 220 g/mol. The quantitative estimate of drug-likeness (QED) is 0.818. The number of aromatic nitrogens is 3. The molecule has 17 heavy (non-hydrogen) atoms. The fourth-order valence-corrected chi connectivity index (χ4v) is 1.27. The lowest BCUT2D eigenvalue weighted by Crippen LogP contribution is -2.34. The van der Waals surface area contributed by atoms with Crippen molar-refractivity contribution >= 4 is 5.95 Å². The Morgan fingerprint density at radius 2 is 1.47 bits per heavy atom. The molecule has 0 unspecified atom stereocenters. The molecule has 1 N–H and O–H groups in total. The molecule has 1 rings (SSSR count). The first-order valence-electron chi connectivity index (χ1n) is 5.69. The minimum atomic E-state index is -0.0443. The van der Waals surface area contributed by atoms with Gasteiger partial charge in [0.2, 0.25) is 5.95 Å². The maximum atomic E-state index is 5.00. The van der Waals surface area contributed by atoms with E-state index in [0.29, 0.717) is 5.95 Å². The normalized spacial score (nSPS) is 11.1. The van der Waals surface area contributed by atoms with E-state index in [1.54, 1.807) is 0 Å². The summed E-state index contributed by atoms with van der Waals surface area (Å²) in [5.74, 6) is 0.472. The minimum absolute atomic E-state index is 0.0443. The summed E-state index contributed by atoms with van der Waals surface area (Å²) in [4.78, 5) is 12.2. The van der Waals surface area contributed by atoms with E-state index in [4.69, 9.17) is 9.47 Å². The molecule has 6 heteroatoms. The van der Waals surface area contributed by atoms with Crippen molar-refractivity contribution in [3.05, 3.63) is 0 Å². The van der Waals surface area contributed by atoms with Crippen molar-refractivity contribution in [1.82, 2.24) is 15.0 Å². The van der Waals surface area contributed by atoms with Crippen LogP contribution >= 0.6 is 0 Å². The van der Waals surface area contributed by atoms with Crippen molar-refractivity contribution in [3.8, 4) is 12.0 Å². The highest BCUT2D eigenvalue weighted by Crippen LogP contribution is 2.21. The van der Waals surface area contributed by atoms with E-state index in [1.807, 2.05) is 0 Å². The van der Waals surface area contributed by atoms with Gasteiger partial charge in [0.05, 0.1) is 14.2 Å². The lowest BCUT2D eigenvalue weighted by Gasteiger charge is -2.28. The maximum absolute atomic E-state index is 5.00. The monoisotopic (exact) mass is 240 g/mol. The van der Waals surface area contributed by atoms with Gasteiger partial charge in [-0.05, 0) is 19.8 Å². The molecule has 6 nitrogen and oxygen atoms in total. The molecule has 0 aromatic carbocycles. The van der Waals surface area contributed by atoms with Gasteiger partial charge in [-0.25, -0.2) is 0 Å². The smallest absolute Gasteiger partial charge is 0.324 e. The van der Waals surface area contributed by atoms with E-state index in [0.717, 1.165) is 12.8 Å². The summed E-state index contributed by atoms with van der Waals surface area (Å²) >= 11 is 0. The number of methoxy groups -OCH3 is 2. The van der Waals surface area contributed by atoms with Crippen LogP contribution in [0.2, 0.25) is 0 Å². The lowest BCUT2D eigenvalue weighted by molar-refractivity contribution is 0.339. The van der Waals surface area contributed by atoms with Crippen LogP contribution in [-0.4, -0.2) is 34.7 Å².